The van der Waals surface area contributed by atoms with Crippen molar-refractivity contribution in [3.8, 4) is 11.8 Å². The van der Waals surface area contributed by atoms with Crippen LogP contribution in [0.15, 0.2) is 36.5 Å². The van der Waals surface area contributed by atoms with E-state index in [2.05, 4.69) is 10.3 Å². The number of carbonyl (C=O) groups is 1. The molecular weight excluding hydrogens is 285 g/mol. The van der Waals surface area contributed by atoms with Gasteiger partial charge in [-0.1, -0.05) is 12.1 Å². The van der Waals surface area contributed by atoms with E-state index < -0.39 is 11.9 Å². The summed E-state index contributed by atoms with van der Waals surface area (Å²) >= 11 is 0. The molecule has 0 bridgehead atoms. The maximum absolute atomic E-state index is 13.5. The number of nitrogens with zero attached hydrogens (tertiary/aromatic N) is 1. The molecule has 0 aliphatic rings. The molecule has 2 N–H and O–H groups in total. The average molecular weight is 301 g/mol. The van der Waals surface area contributed by atoms with Gasteiger partial charge in [0.15, 0.2) is 11.6 Å². The molecule has 2 rings (SSSR count). The molecule has 114 valence electrons. The summed E-state index contributed by atoms with van der Waals surface area (Å²) in [4.78, 5) is 14.8. The van der Waals surface area contributed by atoms with Crippen LogP contribution in [0.3, 0.4) is 0 Å². The fraction of sp³-hybridized carbons (Fsp3) is 0.250. The normalized spacial score (nSPS) is 13.0. The zero-order valence-electron chi connectivity index (χ0n) is 12.3. The molecule has 0 aliphatic heterocycles. The van der Waals surface area contributed by atoms with E-state index in [0.29, 0.717) is 11.3 Å². The molecule has 1 amide bonds. The Morgan fingerprint density at radius 2 is 2.14 bits per heavy atom. The van der Waals surface area contributed by atoms with Gasteiger partial charge in [0.25, 0.3) is 5.91 Å². The molecule has 5 nitrogen and oxygen atoms in total. The summed E-state index contributed by atoms with van der Waals surface area (Å²) in [6.07, 6.45) is 1.03. The second kappa shape index (κ2) is 6.76. The zero-order valence-corrected chi connectivity index (χ0v) is 12.3. The summed E-state index contributed by atoms with van der Waals surface area (Å²) in [5, 5.41) is 11.5. The van der Waals surface area contributed by atoms with Crippen LogP contribution in [0.2, 0.25) is 0 Å². The highest BCUT2D eigenvalue weighted by molar-refractivity contribution is 5.93. The molecule has 1 heterocycles. The number of halogens is 1. The fourth-order valence-corrected chi connectivity index (χ4v) is 1.83. The number of hydrogen-bond acceptors (Lipinski definition) is 3. The van der Waals surface area contributed by atoms with Crippen LogP contribution in [0, 0.1) is 17.1 Å². The number of ether oxygens (including phenoxy) is 1. The van der Waals surface area contributed by atoms with Crippen LogP contribution in [0.25, 0.3) is 0 Å². The zero-order chi connectivity index (χ0) is 16.1. The highest BCUT2D eigenvalue weighted by Gasteiger charge is 2.19. The Labute approximate surface area is 127 Å². The van der Waals surface area contributed by atoms with Crippen LogP contribution in [-0.4, -0.2) is 23.0 Å². The van der Waals surface area contributed by atoms with E-state index in [0.717, 1.165) is 0 Å². The number of rotatable bonds is 5. The SMILES string of the molecule is C[C@H](NC(=O)c1cc(C#N)c[nH]1)[C@@H](C)Oc1ccccc1F. The first-order chi connectivity index (χ1) is 10.5. The van der Waals surface area contributed by atoms with E-state index in [-0.39, 0.29) is 17.7 Å². The van der Waals surface area contributed by atoms with Crippen LogP contribution in [0.4, 0.5) is 4.39 Å². The molecule has 0 saturated carbocycles. The molecule has 0 spiro atoms. The Morgan fingerprint density at radius 1 is 1.41 bits per heavy atom. The number of aromatic nitrogens is 1. The van der Waals surface area contributed by atoms with Crippen LogP contribution >= 0.6 is 0 Å². The summed E-state index contributed by atoms with van der Waals surface area (Å²) in [6.45, 7) is 3.50. The predicted molar refractivity (Wildman–Crippen MR) is 78.9 cm³/mol. The Morgan fingerprint density at radius 3 is 2.77 bits per heavy atom. The van der Waals surface area contributed by atoms with E-state index in [9.17, 15) is 9.18 Å². The standard InChI is InChI=1S/C16H16FN3O2/c1-10(11(2)22-15-6-4-3-5-13(15)17)20-16(21)14-7-12(8-18)9-19-14/h3-7,9-11,19H,1-2H3,(H,20,21)/t10-,11+/m0/s1. The Bertz CT molecular complexity index is 705. The van der Waals surface area contributed by atoms with Crippen molar-refractivity contribution >= 4 is 5.91 Å². The second-order valence-electron chi connectivity index (χ2n) is 4.93. The molecule has 0 radical (unpaired) electrons. The quantitative estimate of drug-likeness (QED) is 0.891. The molecule has 0 aliphatic carbocycles. The lowest BCUT2D eigenvalue weighted by molar-refractivity contribution is 0.0887. The minimum absolute atomic E-state index is 0.141. The summed E-state index contributed by atoms with van der Waals surface area (Å²) < 4.78 is 19.1. The first-order valence-corrected chi connectivity index (χ1v) is 6.82. The van der Waals surface area contributed by atoms with Gasteiger partial charge in [-0.25, -0.2) is 4.39 Å². The number of nitrogens with one attached hydrogen (secondary N) is 2. The third kappa shape index (κ3) is 3.64. The molecule has 0 unspecified atom stereocenters. The molecule has 0 saturated heterocycles. The lowest BCUT2D eigenvalue weighted by Gasteiger charge is -2.22. The van der Waals surface area contributed by atoms with Crippen molar-refractivity contribution in [1.29, 1.82) is 5.26 Å². The van der Waals surface area contributed by atoms with Gasteiger partial charge in [-0.15, -0.1) is 0 Å². The number of nitriles is 1. The van der Waals surface area contributed by atoms with Gasteiger partial charge in [-0.3, -0.25) is 4.79 Å². The highest BCUT2D eigenvalue weighted by Crippen LogP contribution is 2.18. The molecule has 1 aromatic heterocycles. The molecule has 22 heavy (non-hydrogen) atoms. The van der Waals surface area contributed by atoms with Gasteiger partial charge in [0, 0.05) is 6.20 Å². The van der Waals surface area contributed by atoms with Gasteiger partial charge in [-0.2, -0.15) is 5.26 Å². The van der Waals surface area contributed by atoms with Gasteiger partial charge in [0.2, 0.25) is 0 Å². The number of H-pyrrole nitrogens is 1. The van der Waals surface area contributed by atoms with Gasteiger partial charge < -0.3 is 15.0 Å². The highest BCUT2D eigenvalue weighted by atomic mass is 19.1. The van der Waals surface area contributed by atoms with Gasteiger partial charge in [-0.05, 0) is 32.0 Å². The van der Waals surface area contributed by atoms with E-state index in [1.165, 1.54) is 24.4 Å². The smallest absolute Gasteiger partial charge is 0.268 e. The third-order valence-corrected chi connectivity index (χ3v) is 3.27. The summed E-state index contributed by atoms with van der Waals surface area (Å²) in [5.74, 6) is -0.656. The number of aromatic amines is 1. The van der Waals surface area contributed by atoms with Crippen LogP contribution in [0.1, 0.15) is 29.9 Å². The Hall–Kier alpha value is -2.81. The average Bonchev–Trinajstić information content (AvgIpc) is 2.98. The van der Waals surface area contributed by atoms with E-state index in [1.54, 1.807) is 26.0 Å². The van der Waals surface area contributed by atoms with Gasteiger partial charge in [0.05, 0.1) is 11.6 Å². The Balaban J connectivity index is 1.96. The van der Waals surface area contributed by atoms with Gasteiger partial charge >= 0.3 is 0 Å². The number of carbonyl (C=O) groups excluding carboxylic acids is 1. The van der Waals surface area contributed by atoms with Crippen molar-refractivity contribution in [3.63, 3.8) is 0 Å². The number of amides is 1. The first-order valence-electron chi connectivity index (χ1n) is 6.82. The minimum Gasteiger partial charge on any atom is -0.486 e. The van der Waals surface area contributed by atoms with Crippen molar-refractivity contribution in [3.05, 3.63) is 53.6 Å². The molecule has 6 heteroatoms. The van der Waals surface area contributed by atoms with Crippen molar-refractivity contribution in [2.24, 2.45) is 0 Å². The van der Waals surface area contributed by atoms with Crippen LogP contribution in [0.5, 0.6) is 5.75 Å². The molecular formula is C16H16FN3O2. The van der Waals surface area contributed by atoms with Gasteiger partial charge in [0.1, 0.15) is 17.9 Å². The molecule has 0 fully saturated rings. The predicted octanol–water partition coefficient (Wildman–Crippen LogP) is 2.61. The topological polar surface area (TPSA) is 77.9 Å². The maximum Gasteiger partial charge on any atom is 0.268 e. The lowest BCUT2D eigenvalue weighted by atomic mass is 10.2. The van der Waals surface area contributed by atoms with E-state index in [4.69, 9.17) is 10.00 Å². The van der Waals surface area contributed by atoms with Crippen LogP contribution < -0.4 is 10.1 Å². The monoisotopic (exact) mass is 301 g/mol. The third-order valence-electron chi connectivity index (χ3n) is 3.27. The molecule has 2 atom stereocenters. The lowest BCUT2D eigenvalue weighted by Crippen LogP contribution is -2.42. The van der Waals surface area contributed by atoms with Crippen LogP contribution in [-0.2, 0) is 0 Å². The molecule has 2 aromatic rings. The largest absolute Gasteiger partial charge is 0.486 e. The van der Waals surface area contributed by atoms with Crippen molar-refractivity contribution in [2.45, 2.75) is 26.0 Å². The van der Waals surface area contributed by atoms with E-state index in [1.807, 2.05) is 6.07 Å². The van der Waals surface area contributed by atoms with Crippen molar-refractivity contribution in [1.82, 2.24) is 10.3 Å². The first kappa shape index (κ1) is 15.6. The number of hydrogen-bond donors (Lipinski definition) is 2. The molecule has 1 aromatic carbocycles. The minimum atomic E-state index is -0.448. The fourth-order valence-electron chi connectivity index (χ4n) is 1.83. The maximum atomic E-state index is 13.5. The Kier molecular flexibility index (Phi) is 4.79. The number of para-hydroxylation sites is 1. The summed E-state index contributed by atoms with van der Waals surface area (Å²) in [5.41, 5.74) is 0.676. The number of benzene rings is 1. The summed E-state index contributed by atoms with van der Waals surface area (Å²) in [6, 6.07) is 9.16. The van der Waals surface area contributed by atoms with Crippen molar-refractivity contribution in [2.75, 3.05) is 0 Å². The van der Waals surface area contributed by atoms with E-state index >= 15 is 0 Å². The second-order valence-corrected chi connectivity index (χ2v) is 4.93. The van der Waals surface area contributed by atoms with Crippen molar-refractivity contribution < 1.29 is 13.9 Å². The summed E-state index contributed by atoms with van der Waals surface area (Å²) in [7, 11) is 0.